The van der Waals surface area contributed by atoms with Crippen molar-refractivity contribution in [3.8, 4) is 0 Å². The zero-order valence-electron chi connectivity index (χ0n) is 31.6. The van der Waals surface area contributed by atoms with Crippen LogP contribution in [0.25, 0.3) is 0 Å². The molecule has 47 heavy (non-hydrogen) atoms. The first-order valence-corrected chi connectivity index (χ1v) is 19.5. The van der Waals surface area contributed by atoms with Crippen molar-refractivity contribution in [2.24, 2.45) is 0 Å². The highest BCUT2D eigenvalue weighted by Gasteiger charge is 2.09. The number of rotatable bonds is 31. The van der Waals surface area contributed by atoms with Crippen LogP contribution in [0.2, 0.25) is 0 Å². The highest BCUT2D eigenvalue weighted by Crippen LogP contribution is 2.14. The van der Waals surface area contributed by atoms with Gasteiger partial charge in [-0.3, -0.25) is 19.2 Å². The van der Waals surface area contributed by atoms with Crippen LogP contribution in [-0.2, 0) is 19.2 Å². The third-order valence-electron chi connectivity index (χ3n) is 8.03. The molecule has 8 heteroatoms. The predicted octanol–water partition coefficient (Wildman–Crippen LogP) is 10.8. The second kappa shape index (κ2) is 41.9. The summed E-state index contributed by atoms with van der Waals surface area (Å²) in [4.78, 5) is 42.3. The van der Waals surface area contributed by atoms with E-state index in [0.717, 1.165) is 39.5 Å². The molecule has 0 aromatic heterocycles. The molecule has 280 valence electrons. The molecule has 0 rings (SSSR count). The molecule has 0 aliphatic carbocycles. The van der Waals surface area contributed by atoms with Gasteiger partial charge in [-0.1, -0.05) is 168 Å². The molecule has 8 nitrogen and oxygen atoms in total. The SMILES string of the molecule is CC(=O)O.CC(=O)O.CCCCCCCCCCCCCCCC(=O)NCC(C)NC(=O)CCCCCCCCCCCCCCC. The van der Waals surface area contributed by atoms with Crippen molar-refractivity contribution >= 4 is 23.8 Å². The van der Waals surface area contributed by atoms with Crippen LogP contribution in [0.4, 0.5) is 0 Å². The van der Waals surface area contributed by atoms with Crippen LogP contribution in [0, 0.1) is 0 Å². The zero-order chi connectivity index (χ0) is 35.8. The number of carbonyl (C=O) groups excluding carboxylic acids is 2. The minimum atomic E-state index is -0.833. The monoisotopic (exact) mass is 671 g/mol. The minimum Gasteiger partial charge on any atom is -0.481 e. The van der Waals surface area contributed by atoms with Gasteiger partial charge in [0.25, 0.3) is 11.9 Å². The lowest BCUT2D eigenvalue weighted by Gasteiger charge is -2.15. The van der Waals surface area contributed by atoms with Crippen LogP contribution in [0.3, 0.4) is 0 Å². The molecular formula is C39H78N2O6. The number of carboxylic acids is 2. The van der Waals surface area contributed by atoms with Gasteiger partial charge in [-0.2, -0.15) is 0 Å². The van der Waals surface area contributed by atoms with E-state index in [2.05, 4.69) is 24.5 Å². The Hall–Kier alpha value is -2.12. The minimum absolute atomic E-state index is 0.00457. The Morgan fingerprint density at radius 2 is 0.681 bits per heavy atom. The molecule has 0 aromatic carbocycles. The van der Waals surface area contributed by atoms with E-state index < -0.39 is 11.9 Å². The molecule has 0 heterocycles. The summed E-state index contributed by atoms with van der Waals surface area (Å²) in [6.45, 7) is 9.22. The molecule has 0 saturated heterocycles. The quantitative estimate of drug-likeness (QED) is 0.0542. The fourth-order valence-corrected chi connectivity index (χ4v) is 5.36. The topological polar surface area (TPSA) is 133 Å². The molecule has 0 bridgehead atoms. The lowest BCUT2D eigenvalue weighted by molar-refractivity contribution is -0.135. The molecule has 0 radical (unpaired) electrons. The van der Waals surface area contributed by atoms with Gasteiger partial charge >= 0.3 is 0 Å². The first-order chi connectivity index (χ1) is 22.6. The Labute approximate surface area is 290 Å². The van der Waals surface area contributed by atoms with Crippen molar-refractivity contribution in [1.82, 2.24) is 10.6 Å². The third kappa shape index (κ3) is 56.6. The van der Waals surface area contributed by atoms with Gasteiger partial charge in [0.15, 0.2) is 0 Å². The second-order valence-corrected chi connectivity index (χ2v) is 13.3. The Morgan fingerprint density at radius 3 is 0.957 bits per heavy atom. The first kappa shape index (κ1) is 49.3. The standard InChI is InChI=1S/C35H70N2O2.2C2H4O2/c1-4-6-8-10-12-14-16-18-20-22-24-26-28-30-34(38)36-32-33(3)37-35(39)31-29-27-25-23-21-19-17-15-13-11-9-7-5-2;2*1-2(3)4/h33H,4-32H2,1-3H3,(H,36,38)(H,37,39);2*1H3,(H,3,4). The Bertz CT molecular complexity index is 681. The average molecular weight is 671 g/mol. The van der Waals surface area contributed by atoms with Crippen LogP contribution in [0.1, 0.15) is 214 Å². The van der Waals surface area contributed by atoms with E-state index in [-0.39, 0.29) is 17.9 Å². The van der Waals surface area contributed by atoms with Gasteiger partial charge < -0.3 is 20.8 Å². The Morgan fingerprint density at radius 1 is 0.447 bits per heavy atom. The number of nitrogens with one attached hydrogen (secondary N) is 2. The number of amides is 2. The Kier molecular flexibility index (Phi) is 43.9. The lowest BCUT2D eigenvalue weighted by atomic mass is 10.0. The van der Waals surface area contributed by atoms with Gasteiger partial charge in [0.2, 0.25) is 11.8 Å². The summed E-state index contributed by atoms with van der Waals surface area (Å²) in [6, 6.07) is -0.00457. The van der Waals surface area contributed by atoms with Crippen molar-refractivity contribution < 1.29 is 29.4 Å². The predicted molar refractivity (Wildman–Crippen MR) is 198 cm³/mol. The van der Waals surface area contributed by atoms with Gasteiger partial charge in [-0.15, -0.1) is 0 Å². The number of aliphatic carboxylic acids is 2. The summed E-state index contributed by atoms with van der Waals surface area (Å²) in [5.41, 5.74) is 0. The molecular weight excluding hydrogens is 592 g/mol. The smallest absolute Gasteiger partial charge is 0.300 e. The van der Waals surface area contributed by atoms with E-state index in [1.54, 1.807) is 0 Å². The van der Waals surface area contributed by atoms with E-state index in [9.17, 15) is 9.59 Å². The maximum absolute atomic E-state index is 12.2. The molecule has 4 N–H and O–H groups in total. The van der Waals surface area contributed by atoms with Crippen molar-refractivity contribution in [1.29, 1.82) is 0 Å². The number of carbonyl (C=O) groups is 4. The van der Waals surface area contributed by atoms with Gasteiger partial charge in [0.05, 0.1) is 0 Å². The number of carboxylic acid groups (broad SMARTS) is 2. The molecule has 2 amide bonds. The molecule has 1 atom stereocenters. The van der Waals surface area contributed by atoms with Crippen LogP contribution >= 0.6 is 0 Å². The summed E-state index contributed by atoms with van der Waals surface area (Å²) in [5, 5.41) is 20.9. The van der Waals surface area contributed by atoms with Gasteiger partial charge in [-0.05, 0) is 19.8 Å². The van der Waals surface area contributed by atoms with Crippen molar-refractivity contribution in [3.05, 3.63) is 0 Å². The van der Waals surface area contributed by atoms with Crippen molar-refractivity contribution in [2.45, 2.75) is 220 Å². The molecule has 0 fully saturated rings. The zero-order valence-corrected chi connectivity index (χ0v) is 31.6. The highest BCUT2D eigenvalue weighted by atomic mass is 16.4. The van der Waals surface area contributed by atoms with Gasteiger partial charge in [-0.25, -0.2) is 0 Å². The van der Waals surface area contributed by atoms with E-state index in [4.69, 9.17) is 19.8 Å². The van der Waals surface area contributed by atoms with Crippen LogP contribution < -0.4 is 10.6 Å². The summed E-state index contributed by atoms with van der Waals surface area (Å²) in [6.07, 6.45) is 35.5. The Balaban J connectivity index is -0.00000215. The summed E-state index contributed by atoms with van der Waals surface area (Å²) in [5.74, 6) is -1.42. The van der Waals surface area contributed by atoms with E-state index in [0.29, 0.717) is 19.4 Å². The largest absolute Gasteiger partial charge is 0.481 e. The van der Waals surface area contributed by atoms with E-state index in [1.165, 1.54) is 141 Å². The normalized spacial score (nSPS) is 11.0. The van der Waals surface area contributed by atoms with Crippen molar-refractivity contribution in [3.63, 3.8) is 0 Å². The number of hydrogen-bond donors (Lipinski definition) is 4. The summed E-state index contributed by atoms with van der Waals surface area (Å²) >= 11 is 0. The number of hydrogen-bond acceptors (Lipinski definition) is 4. The highest BCUT2D eigenvalue weighted by molar-refractivity contribution is 5.77. The average Bonchev–Trinajstić information content (AvgIpc) is 3.00. The third-order valence-corrected chi connectivity index (χ3v) is 8.03. The summed E-state index contributed by atoms with van der Waals surface area (Å²) < 4.78 is 0. The van der Waals surface area contributed by atoms with Crippen LogP contribution in [-0.4, -0.2) is 46.6 Å². The summed E-state index contributed by atoms with van der Waals surface area (Å²) in [7, 11) is 0. The lowest BCUT2D eigenvalue weighted by Crippen LogP contribution is -2.41. The van der Waals surface area contributed by atoms with Crippen LogP contribution in [0.5, 0.6) is 0 Å². The molecule has 0 aliphatic rings. The second-order valence-electron chi connectivity index (χ2n) is 13.3. The van der Waals surface area contributed by atoms with E-state index >= 15 is 0 Å². The maximum atomic E-state index is 12.2. The molecule has 0 spiro atoms. The molecule has 0 aromatic rings. The fraction of sp³-hybridized carbons (Fsp3) is 0.897. The van der Waals surface area contributed by atoms with E-state index in [1.807, 2.05) is 6.92 Å². The molecule has 1 unspecified atom stereocenters. The molecule has 0 aliphatic heterocycles. The molecule has 0 saturated carbocycles. The van der Waals surface area contributed by atoms with Gasteiger partial charge in [0.1, 0.15) is 0 Å². The fourth-order valence-electron chi connectivity index (χ4n) is 5.36. The number of unbranched alkanes of at least 4 members (excludes halogenated alkanes) is 24. The van der Waals surface area contributed by atoms with Gasteiger partial charge in [0, 0.05) is 39.3 Å². The van der Waals surface area contributed by atoms with Crippen molar-refractivity contribution in [2.75, 3.05) is 6.54 Å². The first-order valence-electron chi connectivity index (χ1n) is 19.5. The van der Waals surface area contributed by atoms with Crippen LogP contribution in [0.15, 0.2) is 0 Å². The maximum Gasteiger partial charge on any atom is 0.300 e.